The van der Waals surface area contributed by atoms with Gasteiger partial charge >= 0.3 is 238 Å². The number of rotatable bonds is 3. The van der Waals surface area contributed by atoms with Crippen molar-refractivity contribution in [2.45, 2.75) is 79.1 Å². The van der Waals surface area contributed by atoms with Crippen LogP contribution >= 0.6 is 11.6 Å². The number of allylic oxidation sites excluding steroid dienone is 4. The van der Waals surface area contributed by atoms with Gasteiger partial charge in [-0.05, 0) is 0 Å². The van der Waals surface area contributed by atoms with Crippen LogP contribution in [0, 0.1) is 13.8 Å². The molecule has 0 aliphatic heterocycles. The average molecular weight is 586 g/mol. The maximum absolute atomic E-state index is 6.26. The van der Waals surface area contributed by atoms with Crippen LogP contribution in [0.5, 0.6) is 0 Å². The van der Waals surface area contributed by atoms with E-state index in [4.69, 9.17) is 11.6 Å². The predicted molar refractivity (Wildman–Crippen MR) is 160 cm³/mol. The molecule has 3 aromatic rings. The zero-order chi connectivity index (χ0) is 26.7. The van der Waals surface area contributed by atoms with Crippen molar-refractivity contribution in [3.05, 3.63) is 108 Å². The third-order valence-electron chi connectivity index (χ3n) is 7.99. The van der Waals surface area contributed by atoms with Gasteiger partial charge < -0.3 is 0 Å². The van der Waals surface area contributed by atoms with Gasteiger partial charge in [0.05, 0.1) is 0 Å². The summed E-state index contributed by atoms with van der Waals surface area (Å²) in [5, 5.41) is 0.802. The molecule has 5 rings (SSSR count). The molecular weight excluding hydrogens is 547 g/mol. The number of fused-ring (bicyclic) bond motifs is 3. The quantitative estimate of drug-likeness (QED) is 0.225. The maximum atomic E-state index is 6.26. The van der Waals surface area contributed by atoms with Gasteiger partial charge in [-0.1, -0.05) is 0 Å². The second-order valence-electron chi connectivity index (χ2n) is 12.9. The van der Waals surface area contributed by atoms with Gasteiger partial charge in [-0.2, -0.15) is 0 Å². The van der Waals surface area contributed by atoms with E-state index in [1.165, 1.54) is 44.5 Å². The van der Waals surface area contributed by atoms with E-state index < -0.39 is 21.3 Å². The fourth-order valence-corrected chi connectivity index (χ4v) is 13.5. The van der Waals surface area contributed by atoms with Crippen LogP contribution in [0.1, 0.15) is 86.9 Å². The Morgan fingerprint density at radius 1 is 0.838 bits per heavy atom. The van der Waals surface area contributed by atoms with E-state index in [0.717, 1.165) is 17.9 Å². The Morgan fingerprint density at radius 2 is 1.49 bits per heavy atom. The summed E-state index contributed by atoms with van der Waals surface area (Å²) in [6.07, 6.45) is 9.16. The number of halogens is 1. The first-order valence-electron chi connectivity index (χ1n) is 13.5. The monoisotopic (exact) mass is 584 g/mol. The van der Waals surface area contributed by atoms with E-state index in [0.29, 0.717) is 0 Å². The third kappa shape index (κ3) is 5.12. The third-order valence-corrected chi connectivity index (χ3v) is 15.4. The molecule has 3 aromatic carbocycles. The molecule has 0 saturated carbocycles. The number of benzene rings is 3. The zero-order valence-electron chi connectivity index (χ0n) is 23.6. The molecule has 0 radical (unpaired) electrons. The fraction of sp³-hybridized carbons (Fsp3) is 0.343. The molecule has 190 valence electrons. The minimum absolute atomic E-state index is 0.0883. The van der Waals surface area contributed by atoms with Crippen molar-refractivity contribution in [2.75, 3.05) is 0 Å². The molecule has 0 spiro atoms. The van der Waals surface area contributed by atoms with Crippen molar-refractivity contribution in [3.63, 3.8) is 0 Å². The van der Waals surface area contributed by atoms with Crippen molar-refractivity contribution < 1.29 is 21.3 Å². The summed E-state index contributed by atoms with van der Waals surface area (Å²) in [5.74, 6) is 0. The molecule has 0 atom stereocenters. The van der Waals surface area contributed by atoms with Crippen LogP contribution in [-0.2, 0) is 38.5 Å². The minimum atomic E-state index is -2.40. The van der Waals surface area contributed by atoms with Crippen LogP contribution < -0.4 is 3.27 Å². The molecule has 0 unspecified atom stereocenters. The number of hydrogen-bond acceptors (Lipinski definition) is 0. The van der Waals surface area contributed by atoms with Crippen LogP contribution in [0.2, 0.25) is 5.02 Å². The Kier molecular flexibility index (Phi) is 7.04. The fourth-order valence-electron chi connectivity index (χ4n) is 6.26. The van der Waals surface area contributed by atoms with Crippen molar-refractivity contribution >= 4 is 18.6 Å². The molecule has 2 aliphatic rings. The molecule has 0 nitrogen and oxygen atoms in total. The summed E-state index contributed by atoms with van der Waals surface area (Å²) in [6.45, 7) is 18.8. The molecule has 0 heterocycles. The van der Waals surface area contributed by atoms with Crippen molar-refractivity contribution in [2.24, 2.45) is 0 Å². The van der Waals surface area contributed by atoms with Crippen LogP contribution in [0.3, 0.4) is 0 Å². The molecule has 37 heavy (non-hydrogen) atoms. The van der Waals surface area contributed by atoms with E-state index in [2.05, 4.69) is 108 Å². The first-order valence-corrected chi connectivity index (χ1v) is 17.7. The Bertz CT molecular complexity index is 1480. The molecule has 0 fully saturated rings. The normalized spacial score (nSPS) is 15.2. The van der Waals surface area contributed by atoms with Gasteiger partial charge in [0.2, 0.25) is 0 Å². The standard InChI is InChI=1S/C23H29.C7H5Cl.C5H5.Zr/c1-14-9-16-11-17-10-15(2)21(23(6,7)8)13-19(17)18(16)12-20(14)22(3,4)5;1-6-2-4-7(8)5-3-6;1-2-4-5-3-1;/h9,12-13H,11H2,1-8H3;1-5H;1-3H,4H2;. The zero-order valence-corrected chi connectivity index (χ0v) is 26.9. The van der Waals surface area contributed by atoms with Gasteiger partial charge in [-0.15, -0.1) is 0 Å². The summed E-state index contributed by atoms with van der Waals surface area (Å²) in [6, 6.07) is 16.0. The summed E-state index contributed by atoms with van der Waals surface area (Å²) in [5.41, 5.74) is 13.5. The SMILES string of the molecule is Cc1cc2c(cc1C(C)(C)C)-c1cc(C(C)(C)C)c(C)[c](/[Zr](=[CH]\c3ccc(Cl)cc3)[C]3=CC=CC3)c1C2. The Hall–Kier alpha value is -1.82. The first-order chi connectivity index (χ1) is 17.3. The van der Waals surface area contributed by atoms with E-state index in [1.807, 2.05) is 12.1 Å². The molecule has 2 aliphatic carbocycles. The van der Waals surface area contributed by atoms with Crippen molar-refractivity contribution in [1.82, 2.24) is 0 Å². The Morgan fingerprint density at radius 3 is 2.08 bits per heavy atom. The van der Waals surface area contributed by atoms with E-state index in [9.17, 15) is 0 Å². The van der Waals surface area contributed by atoms with Crippen LogP contribution in [0.15, 0.2) is 64.0 Å². The predicted octanol–water partition coefficient (Wildman–Crippen LogP) is 9.06. The molecule has 2 heteroatoms. The Labute approximate surface area is 236 Å². The van der Waals surface area contributed by atoms with Gasteiger partial charge in [0.1, 0.15) is 0 Å². The summed E-state index contributed by atoms with van der Waals surface area (Å²) >= 11 is 3.85. The van der Waals surface area contributed by atoms with Gasteiger partial charge in [-0.25, -0.2) is 0 Å². The first kappa shape index (κ1) is 26.8. The summed E-state index contributed by atoms with van der Waals surface area (Å²) < 4.78 is 6.01. The topological polar surface area (TPSA) is 0 Å². The number of hydrogen-bond donors (Lipinski definition) is 0. The number of aryl methyl sites for hydroxylation is 1. The molecule has 0 amide bonds. The second kappa shape index (κ2) is 9.73. The molecule has 0 saturated heterocycles. The van der Waals surface area contributed by atoms with Gasteiger partial charge in [0.15, 0.2) is 0 Å². The molecule has 0 N–H and O–H groups in total. The van der Waals surface area contributed by atoms with Gasteiger partial charge in [0, 0.05) is 0 Å². The Balaban J connectivity index is 1.82. The van der Waals surface area contributed by atoms with Crippen molar-refractivity contribution in [1.29, 1.82) is 0 Å². The average Bonchev–Trinajstić information content (AvgIpc) is 3.44. The van der Waals surface area contributed by atoms with Crippen molar-refractivity contribution in [3.8, 4) is 11.1 Å². The summed E-state index contributed by atoms with van der Waals surface area (Å²) in [4.78, 5) is 0. The van der Waals surface area contributed by atoms with E-state index in [-0.39, 0.29) is 10.8 Å². The van der Waals surface area contributed by atoms with E-state index >= 15 is 0 Å². The second-order valence-corrected chi connectivity index (χ2v) is 18.9. The molecule has 0 bridgehead atoms. The summed E-state index contributed by atoms with van der Waals surface area (Å²) in [7, 11) is 0. The van der Waals surface area contributed by atoms with Crippen LogP contribution in [-0.4, -0.2) is 3.71 Å². The van der Waals surface area contributed by atoms with Gasteiger partial charge in [0.25, 0.3) is 0 Å². The van der Waals surface area contributed by atoms with Crippen LogP contribution in [0.25, 0.3) is 11.1 Å². The molecular formula is C35H39ClZr. The van der Waals surface area contributed by atoms with Crippen LogP contribution in [0.4, 0.5) is 0 Å². The molecule has 0 aromatic heterocycles. The van der Waals surface area contributed by atoms with Gasteiger partial charge in [-0.3, -0.25) is 0 Å². The van der Waals surface area contributed by atoms with E-state index in [1.54, 1.807) is 12.1 Å².